The van der Waals surface area contributed by atoms with E-state index in [1.807, 2.05) is 65.3 Å². The zero-order valence-electron chi connectivity index (χ0n) is 16.3. The van der Waals surface area contributed by atoms with Crippen molar-refractivity contribution in [2.24, 2.45) is 0 Å². The maximum atomic E-state index is 5.52. The SMILES string of the molecule is COc1ccccc1N1CCN(c2nccn3c(-c4ccccc4)nnc23)CC1. The summed E-state index contributed by atoms with van der Waals surface area (Å²) in [5, 5.41) is 8.88. The van der Waals surface area contributed by atoms with Crippen LogP contribution in [-0.4, -0.2) is 52.9 Å². The molecule has 1 saturated heterocycles. The minimum atomic E-state index is 0.789. The van der Waals surface area contributed by atoms with Gasteiger partial charge in [0.15, 0.2) is 11.6 Å². The van der Waals surface area contributed by atoms with Crippen LogP contribution in [0.5, 0.6) is 5.75 Å². The number of piperazine rings is 1. The van der Waals surface area contributed by atoms with Crippen molar-refractivity contribution < 1.29 is 4.74 Å². The van der Waals surface area contributed by atoms with Crippen LogP contribution in [0.4, 0.5) is 11.5 Å². The Morgan fingerprint density at radius 1 is 0.828 bits per heavy atom. The van der Waals surface area contributed by atoms with E-state index in [2.05, 4.69) is 31.0 Å². The van der Waals surface area contributed by atoms with Gasteiger partial charge in [-0.25, -0.2) is 4.98 Å². The van der Waals surface area contributed by atoms with E-state index in [4.69, 9.17) is 4.74 Å². The molecule has 5 rings (SSSR count). The summed E-state index contributed by atoms with van der Waals surface area (Å²) in [6, 6.07) is 18.3. The van der Waals surface area contributed by atoms with Crippen molar-refractivity contribution in [1.29, 1.82) is 0 Å². The van der Waals surface area contributed by atoms with E-state index in [9.17, 15) is 0 Å². The number of anilines is 2. The first-order chi connectivity index (χ1) is 14.3. The van der Waals surface area contributed by atoms with Crippen LogP contribution in [0.3, 0.4) is 0 Å². The zero-order chi connectivity index (χ0) is 19.6. The van der Waals surface area contributed by atoms with Crippen LogP contribution >= 0.6 is 0 Å². The van der Waals surface area contributed by atoms with E-state index >= 15 is 0 Å². The lowest BCUT2D eigenvalue weighted by molar-refractivity contribution is 0.413. The summed E-state index contributed by atoms with van der Waals surface area (Å²) in [6.45, 7) is 3.50. The van der Waals surface area contributed by atoms with E-state index in [1.165, 1.54) is 0 Å². The van der Waals surface area contributed by atoms with E-state index < -0.39 is 0 Å². The Morgan fingerprint density at radius 2 is 1.55 bits per heavy atom. The third-order valence-electron chi connectivity index (χ3n) is 5.35. The summed E-state index contributed by atoms with van der Waals surface area (Å²) in [4.78, 5) is 9.27. The maximum Gasteiger partial charge on any atom is 0.204 e. The first-order valence-electron chi connectivity index (χ1n) is 9.73. The molecule has 0 unspecified atom stereocenters. The van der Waals surface area contributed by atoms with E-state index in [1.54, 1.807) is 7.11 Å². The molecule has 0 bridgehead atoms. The predicted octanol–water partition coefficient (Wildman–Crippen LogP) is 3.13. The first-order valence-corrected chi connectivity index (χ1v) is 9.73. The quantitative estimate of drug-likeness (QED) is 0.537. The molecular formula is C22H22N6O. The molecule has 0 saturated carbocycles. The fourth-order valence-electron chi connectivity index (χ4n) is 3.87. The molecule has 0 amide bonds. The molecule has 0 radical (unpaired) electrons. The summed E-state index contributed by atoms with van der Waals surface area (Å²) < 4.78 is 7.54. The Kier molecular flexibility index (Phi) is 4.48. The van der Waals surface area contributed by atoms with Crippen molar-refractivity contribution in [3.05, 3.63) is 67.0 Å². The normalized spacial score (nSPS) is 14.4. The van der Waals surface area contributed by atoms with Crippen molar-refractivity contribution in [2.75, 3.05) is 43.1 Å². The van der Waals surface area contributed by atoms with Gasteiger partial charge >= 0.3 is 0 Å². The van der Waals surface area contributed by atoms with Gasteiger partial charge in [0.25, 0.3) is 0 Å². The highest BCUT2D eigenvalue weighted by Gasteiger charge is 2.23. The van der Waals surface area contributed by atoms with Crippen LogP contribution in [-0.2, 0) is 0 Å². The Bertz CT molecular complexity index is 1120. The number of benzene rings is 2. The fourth-order valence-corrected chi connectivity index (χ4v) is 3.87. The number of hydrogen-bond donors (Lipinski definition) is 0. The molecule has 4 aromatic rings. The molecule has 2 aromatic heterocycles. The van der Waals surface area contributed by atoms with Crippen molar-refractivity contribution in [2.45, 2.75) is 0 Å². The number of methoxy groups -OCH3 is 1. The van der Waals surface area contributed by atoms with Gasteiger partial charge < -0.3 is 14.5 Å². The number of hydrogen-bond acceptors (Lipinski definition) is 6. The molecule has 146 valence electrons. The second kappa shape index (κ2) is 7.43. The molecule has 0 N–H and O–H groups in total. The molecule has 0 spiro atoms. The van der Waals surface area contributed by atoms with Crippen molar-refractivity contribution >= 4 is 17.2 Å². The number of ether oxygens (including phenoxy) is 1. The number of fused-ring (bicyclic) bond motifs is 1. The number of para-hydroxylation sites is 2. The fraction of sp³-hybridized carbons (Fsp3) is 0.227. The van der Waals surface area contributed by atoms with Gasteiger partial charge in [-0.3, -0.25) is 4.40 Å². The van der Waals surface area contributed by atoms with Crippen LogP contribution in [0.25, 0.3) is 17.0 Å². The van der Waals surface area contributed by atoms with Gasteiger partial charge in [0.2, 0.25) is 5.65 Å². The predicted molar refractivity (Wildman–Crippen MR) is 114 cm³/mol. The lowest BCUT2D eigenvalue weighted by Gasteiger charge is -2.37. The number of rotatable bonds is 4. The number of nitrogens with zero attached hydrogens (tertiary/aromatic N) is 6. The van der Waals surface area contributed by atoms with Crippen LogP contribution in [0, 0.1) is 0 Å². The van der Waals surface area contributed by atoms with Gasteiger partial charge in [-0.1, -0.05) is 42.5 Å². The molecule has 3 heterocycles. The standard InChI is InChI=1S/C22H22N6O/c1-29-19-10-6-5-9-18(19)26-13-15-27(16-14-26)21-22-25-24-20(28(22)12-11-23-21)17-7-3-2-4-8-17/h2-12H,13-16H2,1H3. The Balaban J connectivity index is 1.41. The highest BCUT2D eigenvalue weighted by molar-refractivity contribution is 5.69. The molecular weight excluding hydrogens is 364 g/mol. The van der Waals surface area contributed by atoms with Gasteiger partial charge in [-0.15, -0.1) is 10.2 Å². The summed E-state index contributed by atoms with van der Waals surface area (Å²) in [7, 11) is 1.72. The van der Waals surface area contributed by atoms with Gasteiger partial charge in [0.05, 0.1) is 12.8 Å². The average molecular weight is 386 g/mol. The maximum absolute atomic E-state index is 5.52. The van der Waals surface area contributed by atoms with Gasteiger partial charge in [0, 0.05) is 44.1 Å². The van der Waals surface area contributed by atoms with Crippen LogP contribution in [0.2, 0.25) is 0 Å². The number of aromatic nitrogens is 4. The Labute approximate surface area is 169 Å². The van der Waals surface area contributed by atoms with Crippen molar-refractivity contribution in [3.63, 3.8) is 0 Å². The molecule has 1 fully saturated rings. The second-order valence-electron chi connectivity index (χ2n) is 6.98. The monoisotopic (exact) mass is 386 g/mol. The average Bonchev–Trinajstić information content (AvgIpc) is 3.24. The van der Waals surface area contributed by atoms with Gasteiger partial charge in [-0.05, 0) is 12.1 Å². The Morgan fingerprint density at radius 3 is 2.34 bits per heavy atom. The topological polar surface area (TPSA) is 58.8 Å². The molecule has 2 aromatic carbocycles. The van der Waals surface area contributed by atoms with Gasteiger partial charge in [0.1, 0.15) is 5.75 Å². The molecule has 7 heteroatoms. The van der Waals surface area contributed by atoms with E-state index in [0.29, 0.717) is 0 Å². The lowest BCUT2D eigenvalue weighted by atomic mass is 10.2. The van der Waals surface area contributed by atoms with Crippen LogP contribution in [0.1, 0.15) is 0 Å². The van der Waals surface area contributed by atoms with Gasteiger partial charge in [-0.2, -0.15) is 0 Å². The highest BCUT2D eigenvalue weighted by Crippen LogP contribution is 2.30. The first kappa shape index (κ1) is 17.5. The van der Waals surface area contributed by atoms with Crippen LogP contribution in [0.15, 0.2) is 67.0 Å². The Hall–Kier alpha value is -3.61. The third-order valence-corrected chi connectivity index (χ3v) is 5.35. The molecule has 7 nitrogen and oxygen atoms in total. The second-order valence-corrected chi connectivity index (χ2v) is 6.98. The molecule has 1 aliphatic rings. The minimum absolute atomic E-state index is 0.789. The van der Waals surface area contributed by atoms with Crippen LogP contribution < -0.4 is 14.5 Å². The minimum Gasteiger partial charge on any atom is -0.495 e. The lowest BCUT2D eigenvalue weighted by Crippen LogP contribution is -2.47. The van der Waals surface area contributed by atoms with E-state index in [-0.39, 0.29) is 0 Å². The van der Waals surface area contributed by atoms with Crippen molar-refractivity contribution in [3.8, 4) is 17.1 Å². The summed E-state index contributed by atoms with van der Waals surface area (Å²) in [6.07, 6.45) is 3.75. The molecule has 1 aliphatic heterocycles. The zero-order valence-corrected chi connectivity index (χ0v) is 16.3. The third kappa shape index (κ3) is 3.14. The van der Waals surface area contributed by atoms with Crippen molar-refractivity contribution in [1.82, 2.24) is 19.6 Å². The molecule has 0 aliphatic carbocycles. The highest BCUT2D eigenvalue weighted by atomic mass is 16.5. The summed E-state index contributed by atoms with van der Waals surface area (Å²) in [5.41, 5.74) is 2.96. The largest absolute Gasteiger partial charge is 0.495 e. The summed E-state index contributed by atoms with van der Waals surface area (Å²) >= 11 is 0. The van der Waals surface area contributed by atoms with E-state index in [0.717, 1.165) is 60.5 Å². The molecule has 29 heavy (non-hydrogen) atoms. The smallest absolute Gasteiger partial charge is 0.204 e. The summed E-state index contributed by atoms with van der Waals surface area (Å²) in [5.74, 6) is 2.62. The molecule has 0 atom stereocenters.